The van der Waals surface area contributed by atoms with Gasteiger partial charge in [-0.05, 0) is 17.7 Å². The fourth-order valence-electron chi connectivity index (χ4n) is 2.70. The molecule has 0 saturated heterocycles. The number of rotatable bonds is 5. The molecule has 3 rings (SSSR count). The van der Waals surface area contributed by atoms with E-state index in [2.05, 4.69) is 4.99 Å². The van der Waals surface area contributed by atoms with Crippen LogP contribution < -0.4 is 19.0 Å². The van der Waals surface area contributed by atoms with Gasteiger partial charge < -0.3 is 18.8 Å². The lowest BCUT2D eigenvalue weighted by atomic mass is 10.1. The van der Waals surface area contributed by atoms with Crippen molar-refractivity contribution in [1.29, 1.82) is 0 Å². The summed E-state index contributed by atoms with van der Waals surface area (Å²) in [6.45, 7) is 0. The van der Waals surface area contributed by atoms with Crippen LogP contribution >= 0.6 is 11.3 Å². The largest absolute Gasteiger partial charge is 0.493 e. The van der Waals surface area contributed by atoms with Crippen molar-refractivity contribution in [1.82, 2.24) is 4.57 Å². The maximum atomic E-state index is 12.7. The number of nitrogens with zero attached hydrogens (tertiary/aromatic N) is 2. The number of thiazole rings is 1. The van der Waals surface area contributed by atoms with Gasteiger partial charge >= 0.3 is 0 Å². The third-order valence-electron chi connectivity index (χ3n) is 4.10. The van der Waals surface area contributed by atoms with Gasteiger partial charge in [0.2, 0.25) is 5.75 Å². The maximum absolute atomic E-state index is 12.7. The molecule has 0 N–H and O–H groups in total. The molecule has 0 fully saturated rings. The van der Waals surface area contributed by atoms with Gasteiger partial charge in [0, 0.05) is 18.0 Å². The Balaban J connectivity index is 2.02. The molecule has 0 spiro atoms. The SMILES string of the molecule is COc1cc(C(=O)/N=c2/scc(-c3ccccc3)n2C)cc(OC)c1OC. The second-order valence-corrected chi connectivity index (χ2v) is 6.50. The summed E-state index contributed by atoms with van der Waals surface area (Å²) < 4.78 is 17.8. The molecule has 1 amide bonds. The van der Waals surface area contributed by atoms with Crippen LogP contribution in [-0.4, -0.2) is 31.8 Å². The topological polar surface area (TPSA) is 62.0 Å². The van der Waals surface area contributed by atoms with Gasteiger partial charge in [-0.3, -0.25) is 4.79 Å². The van der Waals surface area contributed by atoms with Crippen LogP contribution in [0.3, 0.4) is 0 Å². The third-order valence-corrected chi connectivity index (χ3v) is 5.02. The van der Waals surface area contributed by atoms with Crippen LogP contribution in [0.15, 0.2) is 52.8 Å². The van der Waals surface area contributed by atoms with Crippen LogP contribution in [0.5, 0.6) is 17.2 Å². The van der Waals surface area contributed by atoms with Crippen molar-refractivity contribution in [2.45, 2.75) is 0 Å². The highest BCUT2D eigenvalue weighted by atomic mass is 32.1. The molecule has 0 aliphatic rings. The van der Waals surface area contributed by atoms with Crippen molar-refractivity contribution in [3.05, 3.63) is 58.2 Å². The summed E-state index contributed by atoms with van der Waals surface area (Å²) >= 11 is 1.41. The van der Waals surface area contributed by atoms with E-state index in [1.54, 1.807) is 12.1 Å². The van der Waals surface area contributed by atoms with Gasteiger partial charge in [0.1, 0.15) is 0 Å². The number of carbonyl (C=O) groups excluding carboxylic acids is 1. The van der Waals surface area contributed by atoms with Gasteiger partial charge in [-0.1, -0.05) is 30.3 Å². The summed E-state index contributed by atoms with van der Waals surface area (Å²) in [4.78, 5) is 17.6. The van der Waals surface area contributed by atoms with Gasteiger partial charge in [0.05, 0.1) is 27.0 Å². The molecule has 27 heavy (non-hydrogen) atoms. The van der Waals surface area contributed by atoms with Crippen LogP contribution in [0.1, 0.15) is 10.4 Å². The van der Waals surface area contributed by atoms with E-state index >= 15 is 0 Å². The van der Waals surface area contributed by atoms with Gasteiger partial charge in [-0.15, -0.1) is 11.3 Å². The minimum absolute atomic E-state index is 0.360. The van der Waals surface area contributed by atoms with E-state index in [0.717, 1.165) is 11.3 Å². The Kier molecular flexibility index (Phi) is 5.61. The first-order valence-corrected chi connectivity index (χ1v) is 9.06. The van der Waals surface area contributed by atoms with Crippen LogP contribution in [0, 0.1) is 0 Å². The Labute approximate surface area is 161 Å². The number of methoxy groups -OCH3 is 3. The lowest BCUT2D eigenvalue weighted by Gasteiger charge is -2.12. The predicted molar refractivity (Wildman–Crippen MR) is 105 cm³/mol. The number of hydrogen-bond donors (Lipinski definition) is 0. The fourth-order valence-corrected chi connectivity index (χ4v) is 3.60. The molecule has 0 radical (unpaired) electrons. The molecule has 0 aliphatic carbocycles. The van der Waals surface area contributed by atoms with Crippen LogP contribution in [0.2, 0.25) is 0 Å². The number of benzene rings is 2. The van der Waals surface area contributed by atoms with Gasteiger partial charge in [0.15, 0.2) is 16.3 Å². The second kappa shape index (κ2) is 8.09. The van der Waals surface area contributed by atoms with Crippen molar-refractivity contribution in [2.24, 2.45) is 12.0 Å². The molecule has 0 atom stereocenters. The Hall–Kier alpha value is -3.06. The molecule has 6 nitrogen and oxygen atoms in total. The number of amides is 1. The van der Waals surface area contributed by atoms with Crippen molar-refractivity contribution in [3.63, 3.8) is 0 Å². The van der Waals surface area contributed by atoms with E-state index in [4.69, 9.17) is 14.2 Å². The molecule has 0 aliphatic heterocycles. The summed E-state index contributed by atoms with van der Waals surface area (Å²) in [5.74, 6) is 0.878. The van der Waals surface area contributed by atoms with Gasteiger partial charge in [0.25, 0.3) is 5.91 Å². The monoisotopic (exact) mass is 384 g/mol. The van der Waals surface area contributed by atoms with Gasteiger partial charge in [-0.2, -0.15) is 4.99 Å². The molecule has 2 aromatic carbocycles. The molecular weight excluding hydrogens is 364 g/mol. The normalized spacial score (nSPS) is 11.3. The molecule has 1 aromatic heterocycles. The van der Waals surface area contributed by atoms with Crippen molar-refractivity contribution >= 4 is 17.2 Å². The zero-order chi connectivity index (χ0) is 19.4. The molecule has 1 heterocycles. The Morgan fingerprint density at radius 1 is 1.00 bits per heavy atom. The van der Waals surface area contributed by atoms with Crippen LogP contribution in [-0.2, 0) is 7.05 Å². The lowest BCUT2D eigenvalue weighted by molar-refractivity contribution is 0.0997. The highest BCUT2D eigenvalue weighted by Crippen LogP contribution is 2.38. The zero-order valence-corrected chi connectivity index (χ0v) is 16.4. The second-order valence-electron chi connectivity index (χ2n) is 5.66. The lowest BCUT2D eigenvalue weighted by Crippen LogP contribution is -2.14. The fraction of sp³-hybridized carbons (Fsp3) is 0.200. The molecular formula is C20H20N2O4S. The summed E-state index contributed by atoms with van der Waals surface area (Å²) in [5, 5.41) is 1.98. The third kappa shape index (κ3) is 3.73. The van der Waals surface area contributed by atoms with Gasteiger partial charge in [-0.25, -0.2) is 0 Å². The summed E-state index contributed by atoms with van der Waals surface area (Å²) in [7, 11) is 6.42. The van der Waals surface area contributed by atoms with E-state index in [9.17, 15) is 4.79 Å². The van der Waals surface area contributed by atoms with Crippen molar-refractivity contribution in [2.75, 3.05) is 21.3 Å². The summed E-state index contributed by atoms with van der Waals surface area (Å²) in [6, 6.07) is 13.2. The van der Waals surface area contributed by atoms with Crippen molar-refractivity contribution < 1.29 is 19.0 Å². The molecule has 3 aromatic rings. The minimum atomic E-state index is -0.383. The highest BCUT2D eigenvalue weighted by molar-refractivity contribution is 7.07. The average molecular weight is 384 g/mol. The number of hydrogen-bond acceptors (Lipinski definition) is 5. The minimum Gasteiger partial charge on any atom is -0.493 e. The average Bonchev–Trinajstić information content (AvgIpc) is 3.07. The van der Waals surface area contributed by atoms with E-state index < -0.39 is 0 Å². The Bertz CT molecular complexity index is 997. The van der Waals surface area contributed by atoms with E-state index in [-0.39, 0.29) is 5.91 Å². The Morgan fingerprint density at radius 3 is 2.19 bits per heavy atom. The summed E-state index contributed by atoms with van der Waals surface area (Å²) in [6.07, 6.45) is 0. The number of aromatic nitrogens is 1. The standard InChI is InChI=1S/C20H20N2O4S/c1-22-15(13-8-6-5-7-9-13)12-27-20(22)21-19(23)14-10-16(24-2)18(26-4)17(11-14)25-3/h5-12H,1-4H3/b21-20+. The van der Waals surface area contributed by atoms with Crippen LogP contribution in [0.4, 0.5) is 0 Å². The molecule has 140 valence electrons. The molecule has 7 heteroatoms. The predicted octanol–water partition coefficient (Wildman–Crippen LogP) is 3.52. The summed E-state index contributed by atoms with van der Waals surface area (Å²) in [5.41, 5.74) is 2.43. The molecule has 0 bridgehead atoms. The quantitative estimate of drug-likeness (QED) is 0.675. The smallest absolute Gasteiger partial charge is 0.279 e. The first-order valence-electron chi connectivity index (χ1n) is 8.18. The van der Waals surface area contributed by atoms with Crippen LogP contribution in [0.25, 0.3) is 11.3 Å². The number of carbonyl (C=O) groups is 1. The van der Waals surface area contributed by atoms with E-state index in [1.165, 1.54) is 32.7 Å². The van der Waals surface area contributed by atoms with Crippen molar-refractivity contribution in [3.8, 4) is 28.5 Å². The first-order chi connectivity index (χ1) is 13.1. The van der Waals surface area contributed by atoms with E-state index in [1.807, 2.05) is 47.3 Å². The maximum Gasteiger partial charge on any atom is 0.279 e. The van der Waals surface area contributed by atoms with E-state index in [0.29, 0.717) is 27.6 Å². The molecule has 0 saturated carbocycles. The zero-order valence-electron chi connectivity index (χ0n) is 15.6. The highest BCUT2D eigenvalue weighted by Gasteiger charge is 2.17. The molecule has 0 unspecified atom stereocenters. The number of ether oxygens (including phenoxy) is 3. The Morgan fingerprint density at radius 2 is 1.63 bits per heavy atom. The first kappa shape index (κ1) is 18.7.